The van der Waals surface area contributed by atoms with Crippen molar-refractivity contribution in [2.75, 3.05) is 0 Å². The fourth-order valence-electron chi connectivity index (χ4n) is 4.60. The molecule has 0 unspecified atom stereocenters. The maximum atomic E-state index is 12.9. The summed E-state index contributed by atoms with van der Waals surface area (Å²) in [5.41, 5.74) is 1.79. The molecule has 0 amide bonds. The molecular formula is C22H28N4O2. The highest BCUT2D eigenvalue weighted by atomic mass is 16.2. The van der Waals surface area contributed by atoms with Crippen LogP contribution < -0.4 is 11.2 Å². The van der Waals surface area contributed by atoms with Crippen LogP contribution in [0.5, 0.6) is 0 Å². The maximum absolute atomic E-state index is 12.9. The van der Waals surface area contributed by atoms with Gasteiger partial charge in [0.2, 0.25) is 0 Å². The van der Waals surface area contributed by atoms with Crippen LogP contribution >= 0.6 is 0 Å². The van der Waals surface area contributed by atoms with Gasteiger partial charge in [-0.05, 0) is 37.2 Å². The fourth-order valence-corrected chi connectivity index (χ4v) is 4.60. The Balaban J connectivity index is 1.85. The molecule has 148 valence electrons. The molecule has 6 nitrogen and oxygen atoms in total. The van der Waals surface area contributed by atoms with Gasteiger partial charge in [0.15, 0.2) is 5.52 Å². The van der Waals surface area contributed by atoms with Gasteiger partial charge in [-0.1, -0.05) is 50.6 Å². The van der Waals surface area contributed by atoms with Gasteiger partial charge < -0.3 is 4.98 Å². The fraction of sp³-hybridized carbons (Fsp3) is 0.500. The molecule has 1 aromatic carbocycles. The SMILES string of the molecule is CCCn1c(=O)c2nc([C@H]3CCC[C@@H]3c3ccccc3)[nH]c2n(CCC)c1=O. The number of aromatic amines is 1. The molecule has 6 heteroatoms. The number of aromatic nitrogens is 4. The van der Waals surface area contributed by atoms with E-state index in [1.54, 1.807) is 4.57 Å². The van der Waals surface area contributed by atoms with E-state index in [0.29, 0.717) is 30.2 Å². The Kier molecular flexibility index (Phi) is 5.20. The predicted octanol–water partition coefficient (Wildman–Crippen LogP) is 3.76. The number of nitrogens with one attached hydrogen (secondary N) is 1. The van der Waals surface area contributed by atoms with E-state index in [1.807, 2.05) is 19.9 Å². The lowest BCUT2D eigenvalue weighted by molar-refractivity contribution is 0.555. The Morgan fingerprint density at radius 1 is 1.00 bits per heavy atom. The standard InChI is InChI=1S/C22H28N4O2/c1-3-13-25-20-18(21(27)26(14-4-2)22(25)28)23-19(24-20)17-12-8-11-16(17)15-9-6-5-7-10-15/h5-7,9-10,16-17H,3-4,8,11-14H2,1-2H3,(H,23,24)/t16-,17+/m1/s1. The molecule has 2 atom stereocenters. The summed E-state index contributed by atoms with van der Waals surface area (Å²) in [4.78, 5) is 33.9. The van der Waals surface area contributed by atoms with Crippen LogP contribution in [0.15, 0.2) is 39.9 Å². The average molecular weight is 380 g/mol. The zero-order valence-corrected chi connectivity index (χ0v) is 16.6. The number of hydrogen-bond donors (Lipinski definition) is 1. The number of imidazole rings is 1. The van der Waals surface area contributed by atoms with Gasteiger partial charge in [0.05, 0.1) is 0 Å². The third-order valence-corrected chi connectivity index (χ3v) is 5.87. The summed E-state index contributed by atoms with van der Waals surface area (Å²) in [6, 6.07) is 10.5. The number of hydrogen-bond acceptors (Lipinski definition) is 3. The first-order chi connectivity index (χ1) is 13.7. The number of aryl methyl sites for hydroxylation is 1. The second-order valence-corrected chi connectivity index (χ2v) is 7.76. The summed E-state index contributed by atoms with van der Waals surface area (Å²) in [6.07, 6.45) is 4.86. The van der Waals surface area contributed by atoms with Gasteiger partial charge in [-0.2, -0.15) is 0 Å². The predicted molar refractivity (Wildman–Crippen MR) is 111 cm³/mol. The van der Waals surface area contributed by atoms with E-state index in [1.165, 1.54) is 10.1 Å². The van der Waals surface area contributed by atoms with Gasteiger partial charge >= 0.3 is 5.69 Å². The summed E-state index contributed by atoms with van der Waals surface area (Å²) in [7, 11) is 0. The largest absolute Gasteiger partial charge is 0.332 e. The molecule has 0 radical (unpaired) electrons. The van der Waals surface area contributed by atoms with Crippen LogP contribution in [0.3, 0.4) is 0 Å². The van der Waals surface area contributed by atoms with Crippen molar-refractivity contribution in [1.29, 1.82) is 0 Å². The van der Waals surface area contributed by atoms with E-state index < -0.39 is 0 Å². The van der Waals surface area contributed by atoms with E-state index in [0.717, 1.165) is 37.9 Å². The van der Waals surface area contributed by atoms with Gasteiger partial charge in [0.1, 0.15) is 11.5 Å². The zero-order valence-electron chi connectivity index (χ0n) is 16.6. The molecule has 1 aliphatic rings. The van der Waals surface area contributed by atoms with E-state index >= 15 is 0 Å². The number of rotatable bonds is 6. The second kappa shape index (κ2) is 7.78. The molecule has 0 bridgehead atoms. The molecule has 2 aromatic heterocycles. The number of fused-ring (bicyclic) bond motifs is 1. The van der Waals surface area contributed by atoms with Gasteiger partial charge in [-0.3, -0.25) is 13.9 Å². The third-order valence-electron chi connectivity index (χ3n) is 5.87. The average Bonchev–Trinajstić information content (AvgIpc) is 3.36. The van der Waals surface area contributed by atoms with Gasteiger partial charge in [0, 0.05) is 19.0 Å². The lowest BCUT2D eigenvalue weighted by Crippen LogP contribution is -2.40. The van der Waals surface area contributed by atoms with Crippen LogP contribution in [-0.2, 0) is 13.1 Å². The van der Waals surface area contributed by atoms with Crippen molar-refractivity contribution in [2.24, 2.45) is 0 Å². The van der Waals surface area contributed by atoms with Crippen molar-refractivity contribution >= 4 is 11.2 Å². The molecule has 1 aliphatic carbocycles. The Hall–Kier alpha value is -2.63. The first-order valence-corrected chi connectivity index (χ1v) is 10.4. The van der Waals surface area contributed by atoms with Crippen LogP contribution in [0.2, 0.25) is 0 Å². The van der Waals surface area contributed by atoms with Crippen LogP contribution in [0.1, 0.15) is 69.2 Å². The molecule has 4 rings (SSSR count). The van der Waals surface area contributed by atoms with E-state index in [-0.39, 0.29) is 17.2 Å². The Morgan fingerprint density at radius 3 is 2.39 bits per heavy atom. The monoisotopic (exact) mass is 380 g/mol. The molecule has 1 saturated carbocycles. The normalized spacial score (nSPS) is 19.5. The molecule has 3 aromatic rings. The minimum Gasteiger partial charge on any atom is -0.327 e. The van der Waals surface area contributed by atoms with E-state index in [4.69, 9.17) is 4.98 Å². The summed E-state index contributed by atoms with van der Waals surface area (Å²) < 4.78 is 3.03. The Bertz CT molecular complexity index is 1080. The highest BCUT2D eigenvalue weighted by molar-refractivity contribution is 5.70. The maximum Gasteiger partial charge on any atom is 0.332 e. The lowest BCUT2D eigenvalue weighted by Gasteiger charge is -2.18. The van der Waals surface area contributed by atoms with Crippen molar-refractivity contribution < 1.29 is 0 Å². The Labute approximate surface area is 164 Å². The lowest BCUT2D eigenvalue weighted by atomic mass is 9.88. The van der Waals surface area contributed by atoms with Crippen molar-refractivity contribution in [3.8, 4) is 0 Å². The minimum absolute atomic E-state index is 0.234. The topological polar surface area (TPSA) is 72.7 Å². The molecule has 28 heavy (non-hydrogen) atoms. The van der Waals surface area contributed by atoms with Crippen LogP contribution in [0.25, 0.3) is 11.2 Å². The highest BCUT2D eigenvalue weighted by Gasteiger charge is 2.32. The molecule has 0 saturated heterocycles. The zero-order chi connectivity index (χ0) is 19.7. The van der Waals surface area contributed by atoms with Crippen LogP contribution in [0, 0.1) is 0 Å². The van der Waals surface area contributed by atoms with Crippen molar-refractivity contribution in [3.05, 3.63) is 62.6 Å². The van der Waals surface area contributed by atoms with Crippen LogP contribution in [-0.4, -0.2) is 19.1 Å². The van der Waals surface area contributed by atoms with Crippen molar-refractivity contribution in [2.45, 2.75) is 70.9 Å². The smallest absolute Gasteiger partial charge is 0.327 e. The number of H-pyrrole nitrogens is 1. The first-order valence-electron chi connectivity index (χ1n) is 10.4. The van der Waals surface area contributed by atoms with Crippen LogP contribution in [0.4, 0.5) is 0 Å². The summed E-state index contributed by atoms with van der Waals surface area (Å²) in [5, 5.41) is 0. The van der Waals surface area contributed by atoms with Gasteiger partial charge in [-0.25, -0.2) is 9.78 Å². The second-order valence-electron chi connectivity index (χ2n) is 7.76. The molecule has 1 fully saturated rings. The number of nitrogens with zero attached hydrogens (tertiary/aromatic N) is 3. The first kappa shape index (κ1) is 18.7. The molecule has 1 N–H and O–H groups in total. The van der Waals surface area contributed by atoms with Crippen molar-refractivity contribution in [3.63, 3.8) is 0 Å². The summed E-state index contributed by atoms with van der Waals surface area (Å²) in [6.45, 7) is 5.01. The molecular weight excluding hydrogens is 352 g/mol. The quantitative estimate of drug-likeness (QED) is 0.708. The molecule has 2 heterocycles. The third kappa shape index (κ3) is 3.11. The van der Waals surface area contributed by atoms with Gasteiger partial charge in [-0.15, -0.1) is 0 Å². The number of benzene rings is 1. The van der Waals surface area contributed by atoms with Crippen molar-refractivity contribution in [1.82, 2.24) is 19.1 Å². The molecule has 0 aliphatic heterocycles. The highest BCUT2D eigenvalue weighted by Crippen LogP contribution is 2.45. The Morgan fingerprint density at radius 2 is 1.68 bits per heavy atom. The summed E-state index contributed by atoms with van der Waals surface area (Å²) >= 11 is 0. The molecule has 0 spiro atoms. The minimum atomic E-state index is -0.272. The summed E-state index contributed by atoms with van der Waals surface area (Å²) in [5.74, 6) is 1.49. The van der Waals surface area contributed by atoms with E-state index in [9.17, 15) is 9.59 Å². The van der Waals surface area contributed by atoms with Gasteiger partial charge in [0.25, 0.3) is 5.56 Å². The van der Waals surface area contributed by atoms with E-state index in [2.05, 4.69) is 29.2 Å².